The largest absolute Gasteiger partial charge is 0.467 e. The van der Waals surface area contributed by atoms with Gasteiger partial charge in [0.25, 0.3) is 0 Å². The maximum absolute atomic E-state index is 13.7. The second kappa shape index (κ2) is 4.22. The number of carbonyl (C=O) groups excluding carboxylic acids is 1. The summed E-state index contributed by atoms with van der Waals surface area (Å²) in [5.74, 6) is -0.832. The van der Waals surface area contributed by atoms with Gasteiger partial charge in [0, 0.05) is 6.42 Å². The summed E-state index contributed by atoms with van der Waals surface area (Å²) in [7, 11) is 1.19. The molecule has 0 saturated heterocycles. The summed E-state index contributed by atoms with van der Waals surface area (Å²) in [4.78, 5) is 11.0. The van der Waals surface area contributed by atoms with E-state index in [0.29, 0.717) is 0 Å². The third-order valence-electron chi connectivity index (χ3n) is 1.99. The van der Waals surface area contributed by atoms with Gasteiger partial charge in [0.05, 0.1) is 7.11 Å². The Hall–Kier alpha value is -1.38. The van der Waals surface area contributed by atoms with E-state index in [2.05, 4.69) is 4.74 Å². The molecule has 0 radical (unpaired) electrons. The number of halogens is 1. The van der Waals surface area contributed by atoms with Crippen LogP contribution < -0.4 is 0 Å². The van der Waals surface area contributed by atoms with Crippen molar-refractivity contribution < 1.29 is 13.9 Å². The molecule has 0 heterocycles. The highest BCUT2D eigenvalue weighted by Crippen LogP contribution is 2.18. The second-order valence-corrected chi connectivity index (χ2v) is 3.35. The predicted octanol–water partition coefficient (Wildman–Crippen LogP) is 2.13. The van der Waals surface area contributed by atoms with E-state index in [0.717, 1.165) is 5.56 Å². The Balaban J connectivity index is 2.73. The van der Waals surface area contributed by atoms with E-state index in [9.17, 15) is 9.18 Å². The van der Waals surface area contributed by atoms with Crippen LogP contribution in [-0.4, -0.2) is 18.7 Å². The summed E-state index contributed by atoms with van der Waals surface area (Å²) in [6.45, 7) is 1.23. The van der Waals surface area contributed by atoms with Crippen molar-refractivity contribution >= 4 is 5.97 Å². The highest BCUT2D eigenvalue weighted by Gasteiger charge is 2.34. The van der Waals surface area contributed by atoms with E-state index < -0.39 is 11.6 Å². The quantitative estimate of drug-likeness (QED) is 0.692. The fourth-order valence-corrected chi connectivity index (χ4v) is 1.26. The van der Waals surface area contributed by atoms with E-state index >= 15 is 0 Å². The number of hydrogen-bond donors (Lipinski definition) is 0. The third-order valence-corrected chi connectivity index (χ3v) is 1.99. The molecule has 0 fully saturated rings. The lowest BCUT2D eigenvalue weighted by Crippen LogP contribution is -2.33. The Labute approximate surface area is 82.7 Å². The number of carbonyl (C=O) groups is 1. The molecule has 2 nitrogen and oxygen atoms in total. The zero-order chi connectivity index (χ0) is 10.6. The van der Waals surface area contributed by atoms with Gasteiger partial charge in [-0.1, -0.05) is 30.3 Å². The van der Waals surface area contributed by atoms with Crippen molar-refractivity contribution in [1.29, 1.82) is 0 Å². The molecule has 0 aliphatic heterocycles. The number of rotatable bonds is 3. The van der Waals surface area contributed by atoms with Gasteiger partial charge in [-0.25, -0.2) is 9.18 Å². The van der Waals surface area contributed by atoms with Crippen molar-refractivity contribution in [3.8, 4) is 0 Å². The summed E-state index contributed by atoms with van der Waals surface area (Å²) in [6, 6.07) is 9.02. The van der Waals surface area contributed by atoms with Crippen LogP contribution in [0.2, 0.25) is 0 Å². The van der Waals surface area contributed by atoms with Crippen molar-refractivity contribution in [3.63, 3.8) is 0 Å². The van der Waals surface area contributed by atoms with Gasteiger partial charge in [0.2, 0.25) is 5.67 Å². The fourth-order valence-electron chi connectivity index (χ4n) is 1.26. The summed E-state index contributed by atoms with van der Waals surface area (Å²) in [5, 5.41) is 0. The zero-order valence-electron chi connectivity index (χ0n) is 8.29. The molecule has 1 atom stereocenters. The predicted molar refractivity (Wildman–Crippen MR) is 51.7 cm³/mol. The molecule has 3 heteroatoms. The lowest BCUT2D eigenvalue weighted by molar-refractivity contribution is -0.153. The second-order valence-electron chi connectivity index (χ2n) is 3.35. The van der Waals surface area contributed by atoms with Gasteiger partial charge < -0.3 is 4.74 Å². The van der Waals surface area contributed by atoms with Crippen molar-refractivity contribution in [2.75, 3.05) is 7.11 Å². The molecule has 0 aliphatic carbocycles. The number of hydrogen-bond acceptors (Lipinski definition) is 2. The van der Waals surface area contributed by atoms with E-state index in [4.69, 9.17) is 0 Å². The zero-order valence-corrected chi connectivity index (χ0v) is 8.29. The molecule has 76 valence electrons. The maximum atomic E-state index is 13.7. The van der Waals surface area contributed by atoms with Crippen LogP contribution >= 0.6 is 0 Å². The average molecular weight is 196 g/mol. The highest BCUT2D eigenvalue weighted by atomic mass is 19.1. The minimum absolute atomic E-state index is 0.0422. The minimum atomic E-state index is -1.95. The summed E-state index contributed by atoms with van der Waals surface area (Å²) >= 11 is 0. The molecule has 1 unspecified atom stereocenters. The van der Waals surface area contributed by atoms with Gasteiger partial charge in [-0.15, -0.1) is 0 Å². The van der Waals surface area contributed by atoms with Gasteiger partial charge in [0.1, 0.15) is 0 Å². The van der Waals surface area contributed by atoms with Crippen LogP contribution in [0.25, 0.3) is 0 Å². The molecule has 1 aromatic rings. The van der Waals surface area contributed by atoms with Gasteiger partial charge in [0.15, 0.2) is 0 Å². The van der Waals surface area contributed by atoms with Crippen LogP contribution in [0.5, 0.6) is 0 Å². The number of methoxy groups -OCH3 is 1. The van der Waals surface area contributed by atoms with Crippen LogP contribution in [0.1, 0.15) is 12.5 Å². The summed E-state index contributed by atoms with van der Waals surface area (Å²) in [6.07, 6.45) is 0.0422. The van der Waals surface area contributed by atoms with Crippen molar-refractivity contribution in [1.82, 2.24) is 0 Å². The summed E-state index contributed by atoms with van der Waals surface area (Å²) in [5.41, 5.74) is -1.17. The highest BCUT2D eigenvalue weighted by molar-refractivity contribution is 5.79. The normalized spacial score (nSPS) is 14.5. The lowest BCUT2D eigenvalue weighted by atomic mass is 9.98. The SMILES string of the molecule is COC(=O)C(C)(F)Cc1ccccc1. The first-order chi connectivity index (χ1) is 6.56. The Morgan fingerprint density at radius 2 is 2.00 bits per heavy atom. The number of esters is 1. The molecule has 0 aromatic heterocycles. The molecule has 0 aliphatic rings. The van der Waals surface area contributed by atoms with Crippen LogP contribution in [0.3, 0.4) is 0 Å². The first kappa shape index (κ1) is 10.7. The van der Waals surface area contributed by atoms with E-state index in [1.807, 2.05) is 18.2 Å². The Kier molecular flexibility index (Phi) is 3.23. The molecule has 0 saturated carbocycles. The first-order valence-corrected chi connectivity index (χ1v) is 4.37. The molecular formula is C11H13FO2. The van der Waals surface area contributed by atoms with Crippen LogP contribution in [0, 0.1) is 0 Å². The van der Waals surface area contributed by atoms with Crippen molar-refractivity contribution in [2.45, 2.75) is 19.0 Å². The maximum Gasteiger partial charge on any atom is 0.343 e. The standard InChI is InChI=1S/C11H13FO2/c1-11(12,10(13)14-2)8-9-6-4-3-5-7-9/h3-7H,8H2,1-2H3. The van der Waals surface area contributed by atoms with Gasteiger partial charge in [-0.3, -0.25) is 0 Å². The van der Waals surface area contributed by atoms with E-state index in [1.165, 1.54) is 14.0 Å². The molecule has 14 heavy (non-hydrogen) atoms. The lowest BCUT2D eigenvalue weighted by Gasteiger charge is -2.16. The smallest absolute Gasteiger partial charge is 0.343 e. The fraction of sp³-hybridized carbons (Fsp3) is 0.364. The van der Waals surface area contributed by atoms with Gasteiger partial charge in [-0.2, -0.15) is 0 Å². The Bertz CT molecular complexity index is 306. The topological polar surface area (TPSA) is 26.3 Å². The first-order valence-electron chi connectivity index (χ1n) is 4.37. The van der Waals surface area contributed by atoms with Crippen molar-refractivity contribution in [2.24, 2.45) is 0 Å². The molecular weight excluding hydrogens is 183 g/mol. The van der Waals surface area contributed by atoms with E-state index in [1.54, 1.807) is 12.1 Å². The minimum Gasteiger partial charge on any atom is -0.467 e. The third kappa shape index (κ3) is 2.55. The number of alkyl halides is 1. The van der Waals surface area contributed by atoms with Crippen molar-refractivity contribution in [3.05, 3.63) is 35.9 Å². The monoisotopic (exact) mass is 196 g/mol. The van der Waals surface area contributed by atoms with Crippen LogP contribution in [-0.2, 0) is 16.0 Å². The van der Waals surface area contributed by atoms with Gasteiger partial charge in [-0.05, 0) is 12.5 Å². The Morgan fingerprint density at radius 1 is 1.43 bits per heavy atom. The molecule has 1 aromatic carbocycles. The molecule has 1 rings (SSSR count). The molecule has 0 amide bonds. The van der Waals surface area contributed by atoms with Crippen LogP contribution in [0.15, 0.2) is 30.3 Å². The molecule has 0 bridgehead atoms. The molecule has 0 N–H and O–H groups in total. The summed E-state index contributed by atoms with van der Waals surface area (Å²) < 4.78 is 18.1. The van der Waals surface area contributed by atoms with Crippen LogP contribution in [0.4, 0.5) is 4.39 Å². The Morgan fingerprint density at radius 3 is 2.50 bits per heavy atom. The van der Waals surface area contributed by atoms with E-state index in [-0.39, 0.29) is 6.42 Å². The number of ether oxygens (including phenoxy) is 1. The van der Waals surface area contributed by atoms with Gasteiger partial charge >= 0.3 is 5.97 Å². The average Bonchev–Trinajstić information content (AvgIpc) is 2.17. The number of benzene rings is 1. The molecule has 0 spiro atoms.